The van der Waals surface area contributed by atoms with Crippen molar-refractivity contribution in [3.8, 4) is 5.75 Å². The molecule has 0 radical (unpaired) electrons. The Bertz CT molecular complexity index is 649. The van der Waals surface area contributed by atoms with Crippen molar-refractivity contribution >= 4 is 17.7 Å². The van der Waals surface area contributed by atoms with Crippen LogP contribution < -0.4 is 15.5 Å². The number of aliphatic hydroxyl groups is 1. The highest BCUT2D eigenvalue weighted by Gasteiger charge is 2.23. The highest BCUT2D eigenvalue weighted by atomic mass is 35.5. The summed E-state index contributed by atoms with van der Waals surface area (Å²) in [7, 11) is 0. The van der Waals surface area contributed by atoms with Crippen LogP contribution in [-0.4, -0.2) is 60.2 Å². The van der Waals surface area contributed by atoms with Crippen LogP contribution in [0.15, 0.2) is 18.2 Å². The van der Waals surface area contributed by atoms with E-state index in [0.717, 1.165) is 25.9 Å². The minimum atomic E-state index is -0.753. The summed E-state index contributed by atoms with van der Waals surface area (Å²) in [5.41, 5.74) is 2.64. The predicted molar refractivity (Wildman–Crippen MR) is 105 cm³/mol. The van der Waals surface area contributed by atoms with E-state index >= 15 is 0 Å². The Balaban J connectivity index is 1.62. The number of nitrogens with zero attached hydrogens (tertiary/aromatic N) is 1. The van der Waals surface area contributed by atoms with Gasteiger partial charge in [-0.1, -0.05) is 11.6 Å². The number of carbonyl (C=O) groups is 1. The number of carbonyl (C=O) groups excluding carboxylic acids is 1. The van der Waals surface area contributed by atoms with E-state index in [2.05, 4.69) is 10.7 Å². The van der Waals surface area contributed by atoms with Crippen molar-refractivity contribution in [3.05, 3.63) is 29.0 Å². The number of halogens is 2. The molecule has 1 atom stereocenters. The molecule has 0 saturated carbocycles. The van der Waals surface area contributed by atoms with Crippen LogP contribution in [0.3, 0.4) is 0 Å². The van der Waals surface area contributed by atoms with Gasteiger partial charge in [0.2, 0.25) is 0 Å². The van der Waals surface area contributed by atoms with Crippen LogP contribution >= 0.6 is 11.6 Å². The second-order valence-electron chi connectivity index (χ2n) is 7.81. The van der Waals surface area contributed by atoms with Crippen LogP contribution in [0.4, 0.5) is 9.18 Å². The molecule has 1 aliphatic heterocycles. The van der Waals surface area contributed by atoms with Gasteiger partial charge in [0, 0.05) is 31.7 Å². The number of aliphatic hydroxyl groups excluding tert-OH is 1. The first-order valence-corrected chi connectivity index (χ1v) is 9.74. The minimum Gasteiger partial charge on any atom is -0.491 e. The van der Waals surface area contributed by atoms with Crippen LogP contribution in [0.2, 0.25) is 5.02 Å². The molecule has 28 heavy (non-hydrogen) atoms. The highest BCUT2D eigenvalue weighted by molar-refractivity contribution is 6.30. The van der Waals surface area contributed by atoms with Gasteiger partial charge >= 0.3 is 6.09 Å². The third-order valence-corrected chi connectivity index (χ3v) is 4.41. The molecule has 1 unspecified atom stereocenters. The standard InChI is InChI=1S/C19H29ClFN3O4/c1-19(2,3)28-18(26)23-13-6-8-24(9-7-13)22-11-14(25)12-27-15-4-5-16(20)17(21)10-15/h4-5,10,13-14,22,25H,6-9,11-12H2,1-3H3,(H,23,26). The summed E-state index contributed by atoms with van der Waals surface area (Å²) >= 11 is 5.62. The summed E-state index contributed by atoms with van der Waals surface area (Å²) in [6.45, 7) is 7.30. The largest absolute Gasteiger partial charge is 0.491 e. The van der Waals surface area contributed by atoms with Gasteiger partial charge in [-0.15, -0.1) is 0 Å². The maximum absolute atomic E-state index is 13.4. The van der Waals surface area contributed by atoms with Gasteiger partial charge in [0.05, 0.1) is 5.02 Å². The quantitative estimate of drug-likeness (QED) is 0.632. The molecule has 1 amide bonds. The number of amides is 1. The highest BCUT2D eigenvalue weighted by Crippen LogP contribution is 2.20. The Morgan fingerprint density at radius 1 is 1.39 bits per heavy atom. The zero-order valence-corrected chi connectivity index (χ0v) is 17.3. The maximum Gasteiger partial charge on any atom is 0.407 e. The van der Waals surface area contributed by atoms with Gasteiger partial charge in [0.25, 0.3) is 0 Å². The summed E-state index contributed by atoms with van der Waals surface area (Å²) in [6, 6.07) is 4.21. The number of rotatable bonds is 7. The molecule has 0 bridgehead atoms. The number of hydrazine groups is 1. The Morgan fingerprint density at radius 3 is 2.68 bits per heavy atom. The van der Waals surface area contributed by atoms with Crippen LogP contribution in [0.5, 0.6) is 5.75 Å². The smallest absolute Gasteiger partial charge is 0.407 e. The summed E-state index contributed by atoms with van der Waals surface area (Å²) in [6.07, 6.45) is 0.410. The van der Waals surface area contributed by atoms with Crippen molar-refractivity contribution in [1.29, 1.82) is 0 Å². The van der Waals surface area contributed by atoms with Crippen LogP contribution in [0.1, 0.15) is 33.6 Å². The minimum absolute atomic E-state index is 0.0270. The molecule has 158 valence electrons. The first-order valence-electron chi connectivity index (χ1n) is 9.36. The summed E-state index contributed by atoms with van der Waals surface area (Å²) in [5.74, 6) is -0.246. The van der Waals surface area contributed by atoms with Gasteiger partial charge in [-0.2, -0.15) is 0 Å². The van der Waals surface area contributed by atoms with Gasteiger partial charge in [-0.25, -0.2) is 14.2 Å². The zero-order valence-electron chi connectivity index (χ0n) is 16.5. The average Bonchev–Trinajstić information content (AvgIpc) is 2.60. The lowest BCUT2D eigenvalue weighted by molar-refractivity contribution is 0.0431. The molecule has 1 heterocycles. The van der Waals surface area contributed by atoms with Crippen molar-refractivity contribution in [2.45, 2.75) is 51.4 Å². The van der Waals surface area contributed by atoms with E-state index in [1.54, 1.807) is 6.07 Å². The zero-order chi connectivity index (χ0) is 20.7. The topological polar surface area (TPSA) is 83.1 Å². The van der Waals surface area contributed by atoms with Gasteiger partial charge in [0.1, 0.15) is 29.9 Å². The average molecular weight is 418 g/mol. The van der Waals surface area contributed by atoms with Crippen molar-refractivity contribution in [3.63, 3.8) is 0 Å². The molecule has 1 aliphatic rings. The van der Waals surface area contributed by atoms with E-state index < -0.39 is 23.6 Å². The Labute approximate surface area is 170 Å². The van der Waals surface area contributed by atoms with E-state index in [1.165, 1.54) is 12.1 Å². The number of nitrogens with one attached hydrogen (secondary N) is 2. The maximum atomic E-state index is 13.4. The third kappa shape index (κ3) is 8.18. The lowest BCUT2D eigenvalue weighted by Gasteiger charge is -2.33. The predicted octanol–water partition coefficient (Wildman–Crippen LogP) is 2.71. The SMILES string of the molecule is CC(C)(C)OC(=O)NC1CCN(NCC(O)COc2ccc(Cl)c(F)c2)CC1. The molecule has 0 aromatic heterocycles. The molecule has 7 nitrogen and oxygen atoms in total. The number of benzene rings is 1. The number of hydrogen-bond donors (Lipinski definition) is 3. The molecule has 2 rings (SSSR count). The molecule has 9 heteroatoms. The van der Waals surface area contributed by atoms with Gasteiger partial charge in [-0.05, 0) is 45.7 Å². The monoisotopic (exact) mass is 417 g/mol. The number of ether oxygens (including phenoxy) is 2. The number of piperidine rings is 1. The molecule has 1 aromatic carbocycles. The molecule has 0 aliphatic carbocycles. The fraction of sp³-hybridized carbons (Fsp3) is 0.632. The molecule has 1 aromatic rings. The summed E-state index contributed by atoms with van der Waals surface area (Å²) in [4.78, 5) is 11.8. The van der Waals surface area contributed by atoms with Crippen LogP contribution in [0.25, 0.3) is 0 Å². The van der Waals surface area contributed by atoms with Crippen LogP contribution in [0, 0.1) is 5.82 Å². The van der Waals surface area contributed by atoms with Crippen LogP contribution in [-0.2, 0) is 4.74 Å². The normalized spacial score (nSPS) is 17.2. The molecular formula is C19H29ClFN3O4. The second kappa shape index (κ2) is 10.2. The molecular weight excluding hydrogens is 389 g/mol. The lowest BCUT2D eigenvalue weighted by atomic mass is 10.1. The van der Waals surface area contributed by atoms with Gasteiger partial charge < -0.3 is 19.9 Å². The van der Waals surface area contributed by atoms with Crippen molar-refractivity contribution in [1.82, 2.24) is 15.8 Å². The first-order chi connectivity index (χ1) is 13.1. The Kier molecular flexibility index (Phi) is 8.30. The van der Waals surface area contributed by atoms with Crippen molar-refractivity contribution in [2.24, 2.45) is 0 Å². The molecule has 1 saturated heterocycles. The summed E-state index contributed by atoms with van der Waals surface area (Å²) < 4.78 is 24.0. The number of hydrogen-bond acceptors (Lipinski definition) is 6. The Hall–Kier alpha value is -1.61. The van der Waals surface area contributed by atoms with Gasteiger partial charge in [0.15, 0.2) is 0 Å². The molecule has 1 fully saturated rings. The van der Waals surface area contributed by atoms with E-state index in [0.29, 0.717) is 12.3 Å². The van der Waals surface area contributed by atoms with Crippen molar-refractivity contribution in [2.75, 3.05) is 26.2 Å². The van der Waals surface area contributed by atoms with E-state index in [1.807, 2.05) is 25.8 Å². The fourth-order valence-electron chi connectivity index (χ4n) is 2.71. The molecule has 3 N–H and O–H groups in total. The second-order valence-corrected chi connectivity index (χ2v) is 8.22. The van der Waals surface area contributed by atoms with Gasteiger partial charge in [-0.3, -0.25) is 5.43 Å². The third-order valence-electron chi connectivity index (χ3n) is 4.10. The Morgan fingerprint density at radius 2 is 2.07 bits per heavy atom. The molecule has 0 spiro atoms. The van der Waals surface area contributed by atoms with E-state index in [4.69, 9.17) is 21.1 Å². The first kappa shape index (κ1) is 22.7. The fourth-order valence-corrected chi connectivity index (χ4v) is 2.83. The van der Waals surface area contributed by atoms with Crippen molar-refractivity contribution < 1.29 is 23.8 Å². The number of alkyl carbamates (subject to hydrolysis) is 1. The lowest BCUT2D eigenvalue weighted by Crippen LogP contribution is -2.51. The van der Waals surface area contributed by atoms with E-state index in [9.17, 15) is 14.3 Å². The summed E-state index contributed by atoms with van der Waals surface area (Å²) in [5, 5.41) is 14.9. The van der Waals surface area contributed by atoms with E-state index in [-0.39, 0.29) is 17.7 Å².